The number of rotatable bonds is 11. The Morgan fingerprint density at radius 1 is 1.00 bits per heavy atom. The molecule has 2 N–H and O–H groups in total. The van der Waals surface area contributed by atoms with Crippen LogP contribution < -0.4 is 0 Å². The molecule has 0 atom stereocenters. The molecule has 0 amide bonds. The first-order valence-corrected chi connectivity index (χ1v) is 8.30. The minimum absolute atomic E-state index is 0.139. The van der Waals surface area contributed by atoms with Crippen LogP contribution in [0.4, 0.5) is 0 Å². The van der Waals surface area contributed by atoms with Crippen LogP contribution in [0.5, 0.6) is 11.5 Å². The molecular formula is C18H28O4. The summed E-state index contributed by atoms with van der Waals surface area (Å²) in [6, 6.07) is 4.63. The molecule has 0 bridgehead atoms. The topological polar surface area (TPSA) is 66.8 Å². The van der Waals surface area contributed by atoms with Gasteiger partial charge in [0.2, 0.25) is 0 Å². The highest BCUT2D eigenvalue weighted by Gasteiger charge is 2.04. The largest absolute Gasteiger partial charge is 0.504 e. The number of aromatic hydroxyl groups is 2. The maximum absolute atomic E-state index is 11.6. The van der Waals surface area contributed by atoms with Gasteiger partial charge < -0.3 is 14.9 Å². The van der Waals surface area contributed by atoms with Gasteiger partial charge in [0.15, 0.2) is 11.5 Å². The van der Waals surface area contributed by atoms with Crippen LogP contribution in [-0.2, 0) is 16.0 Å². The molecule has 0 saturated heterocycles. The molecule has 1 aromatic rings. The van der Waals surface area contributed by atoms with E-state index in [1.54, 1.807) is 6.07 Å². The van der Waals surface area contributed by atoms with E-state index in [0.29, 0.717) is 19.4 Å². The molecule has 0 heterocycles. The molecular weight excluding hydrogens is 280 g/mol. The van der Waals surface area contributed by atoms with Gasteiger partial charge in [0.05, 0.1) is 6.61 Å². The lowest BCUT2D eigenvalue weighted by atomic mass is 10.1. The van der Waals surface area contributed by atoms with Gasteiger partial charge in [-0.2, -0.15) is 0 Å². The Kier molecular flexibility index (Phi) is 9.12. The zero-order valence-corrected chi connectivity index (χ0v) is 13.5. The van der Waals surface area contributed by atoms with E-state index in [-0.39, 0.29) is 17.5 Å². The summed E-state index contributed by atoms with van der Waals surface area (Å²) in [6.45, 7) is 2.51. The molecule has 0 aliphatic heterocycles. The van der Waals surface area contributed by atoms with Gasteiger partial charge in [-0.3, -0.25) is 4.79 Å². The van der Waals surface area contributed by atoms with Crippen LogP contribution >= 0.6 is 0 Å². The summed E-state index contributed by atoms with van der Waals surface area (Å²) in [5, 5.41) is 18.6. The maximum atomic E-state index is 11.6. The van der Waals surface area contributed by atoms with E-state index in [9.17, 15) is 15.0 Å². The summed E-state index contributed by atoms with van der Waals surface area (Å²) in [4.78, 5) is 11.6. The Bertz CT molecular complexity index is 443. The molecule has 0 aliphatic carbocycles. The monoisotopic (exact) mass is 308 g/mol. The van der Waals surface area contributed by atoms with E-state index in [4.69, 9.17) is 4.74 Å². The molecule has 0 radical (unpaired) electrons. The summed E-state index contributed by atoms with van der Waals surface area (Å²) >= 11 is 0. The Labute approximate surface area is 133 Å². The van der Waals surface area contributed by atoms with Crippen molar-refractivity contribution in [3.05, 3.63) is 23.8 Å². The fourth-order valence-electron chi connectivity index (χ4n) is 2.31. The second-order valence-corrected chi connectivity index (χ2v) is 5.66. The van der Waals surface area contributed by atoms with E-state index in [2.05, 4.69) is 6.92 Å². The van der Waals surface area contributed by atoms with Gasteiger partial charge in [0.25, 0.3) is 0 Å². The molecule has 0 aromatic heterocycles. The number of benzene rings is 1. The SMILES string of the molecule is CCCCCCCCCC(=O)OCCc1ccc(O)c(O)c1. The zero-order chi connectivity index (χ0) is 16.2. The van der Waals surface area contributed by atoms with Crippen molar-refractivity contribution in [2.24, 2.45) is 0 Å². The van der Waals surface area contributed by atoms with Crippen molar-refractivity contribution in [2.45, 2.75) is 64.7 Å². The van der Waals surface area contributed by atoms with Crippen LogP contribution in [0, 0.1) is 0 Å². The number of ether oxygens (including phenoxy) is 1. The maximum Gasteiger partial charge on any atom is 0.305 e. The van der Waals surface area contributed by atoms with Gasteiger partial charge in [-0.05, 0) is 24.1 Å². The standard InChI is InChI=1S/C18H28O4/c1-2-3-4-5-6-7-8-9-18(21)22-13-12-15-10-11-16(19)17(20)14-15/h10-11,14,19-20H,2-9,12-13H2,1H3. The fraction of sp³-hybridized carbons (Fsp3) is 0.611. The Morgan fingerprint density at radius 3 is 2.36 bits per heavy atom. The van der Waals surface area contributed by atoms with Gasteiger partial charge in [-0.15, -0.1) is 0 Å². The normalized spacial score (nSPS) is 10.6. The lowest BCUT2D eigenvalue weighted by Crippen LogP contribution is -2.07. The van der Waals surface area contributed by atoms with E-state index in [1.807, 2.05) is 0 Å². The van der Waals surface area contributed by atoms with Crippen LogP contribution in [0.3, 0.4) is 0 Å². The summed E-state index contributed by atoms with van der Waals surface area (Å²) in [5.41, 5.74) is 0.832. The van der Waals surface area contributed by atoms with Gasteiger partial charge in [0, 0.05) is 12.8 Å². The molecule has 4 heteroatoms. The van der Waals surface area contributed by atoms with Crippen molar-refractivity contribution in [3.8, 4) is 11.5 Å². The van der Waals surface area contributed by atoms with Crippen molar-refractivity contribution in [1.29, 1.82) is 0 Å². The predicted molar refractivity (Wildman–Crippen MR) is 87.0 cm³/mol. The average Bonchev–Trinajstić information content (AvgIpc) is 2.50. The van der Waals surface area contributed by atoms with Crippen molar-refractivity contribution < 1.29 is 19.7 Å². The van der Waals surface area contributed by atoms with Crippen molar-refractivity contribution in [3.63, 3.8) is 0 Å². The van der Waals surface area contributed by atoms with Crippen molar-refractivity contribution in [1.82, 2.24) is 0 Å². The molecule has 1 rings (SSSR count). The number of phenolic OH excluding ortho intramolecular Hbond substituents is 2. The van der Waals surface area contributed by atoms with Crippen LogP contribution in [0.15, 0.2) is 18.2 Å². The molecule has 22 heavy (non-hydrogen) atoms. The lowest BCUT2D eigenvalue weighted by Gasteiger charge is -2.06. The Hall–Kier alpha value is -1.71. The Morgan fingerprint density at radius 2 is 1.68 bits per heavy atom. The minimum Gasteiger partial charge on any atom is -0.504 e. The molecule has 0 spiro atoms. The van der Waals surface area contributed by atoms with Crippen LogP contribution in [0.1, 0.15) is 63.9 Å². The molecule has 4 nitrogen and oxygen atoms in total. The van der Waals surface area contributed by atoms with Crippen molar-refractivity contribution >= 4 is 5.97 Å². The molecule has 1 aromatic carbocycles. The molecule has 0 fully saturated rings. The van der Waals surface area contributed by atoms with Gasteiger partial charge in [0.1, 0.15) is 0 Å². The quantitative estimate of drug-likeness (QED) is 0.363. The number of esters is 1. The number of carbonyl (C=O) groups excluding carboxylic acids is 1. The highest BCUT2D eigenvalue weighted by molar-refractivity contribution is 5.69. The molecule has 0 unspecified atom stereocenters. The predicted octanol–water partition coefficient (Wildman–Crippen LogP) is 4.32. The van der Waals surface area contributed by atoms with Crippen LogP contribution in [-0.4, -0.2) is 22.8 Å². The smallest absolute Gasteiger partial charge is 0.305 e. The second kappa shape index (κ2) is 10.9. The van der Waals surface area contributed by atoms with Gasteiger partial charge in [-0.1, -0.05) is 51.5 Å². The summed E-state index contributed by atoms with van der Waals surface area (Å²) in [6.07, 6.45) is 9.30. The summed E-state index contributed by atoms with van der Waals surface area (Å²) in [7, 11) is 0. The zero-order valence-electron chi connectivity index (χ0n) is 13.5. The van der Waals surface area contributed by atoms with E-state index < -0.39 is 0 Å². The summed E-state index contributed by atoms with van der Waals surface area (Å²) < 4.78 is 5.18. The third kappa shape index (κ3) is 7.91. The van der Waals surface area contributed by atoms with Crippen LogP contribution in [0.2, 0.25) is 0 Å². The highest BCUT2D eigenvalue weighted by atomic mass is 16.5. The highest BCUT2D eigenvalue weighted by Crippen LogP contribution is 2.24. The average molecular weight is 308 g/mol. The molecule has 124 valence electrons. The van der Waals surface area contributed by atoms with E-state index >= 15 is 0 Å². The third-order valence-corrected chi connectivity index (χ3v) is 3.68. The number of unbranched alkanes of at least 4 members (excludes halogenated alkanes) is 6. The first-order chi connectivity index (χ1) is 10.6. The van der Waals surface area contributed by atoms with Crippen molar-refractivity contribution in [2.75, 3.05) is 6.61 Å². The second-order valence-electron chi connectivity index (χ2n) is 5.66. The van der Waals surface area contributed by atoms with Gasteiger partial charge in [-0.25, -0.2) is 0 Å². The number of carbonyl (C=O) groups is 1. The third-order valence-electron chi connectivity index (χ3n) is 3.68. The Balaban J connectivity index is 2.04. The molecule has 0 saturated carbocycles. The lowest BCUT2D eigenvalue weighted by molar-refractivity contribution is -0.143. The number of hydrogen-bond donors (Lipinski definition) is 2. The number of phenols is 2. The minimum atomic E-state index is -0.156. The number of hydrogen-bond acceptors (Lipinski definition) is 4. The van der Waals surface area contributed by atoms with Gasteiger partial charge >= 0.3 is 5.97 Å². The van der Waals surface area contributed by atoms with E-state index in [0.717, 1.165) is 18.4 Å². The molecule has 0 aliphatic rings. The summed E-state index contributed by atoms with van der Waals surface area (Å²) in [5.74, 6) is -0.442. The van der Waals surface area contributed by atoms with Crippen LogP contribution in [0.25, 0.3) is 0 Å². The fourth-order valence-corrected chi connectivity index (χ4v) is 2.31. The first-order valence-electron chi connectivity index (χ1n) is 8.30. The first kappa shape index (κ1) is 18.3. The van der Waals surface area contributed by atoms with E-state index in [1.165, 1.54) is 44.2 Å².